The average molecular weight is 210 g/mol. The first-order chi connectivity index (χ1) is 6.81. The molecule has 0 amide bonds. The predicted molar refractivity (Wildman–Crippen MR) is 53.4 cm³/mol. The number of hydrogen-bond acceptors (Lipinski definition) is 3. The molecule has 72 valence electrons. The largest absolute Gasteiger partial charge is 0.356 e. The van der Waals surface area contributed by atoms with Gasteiger partial charge in [0.1, 0.15) is 0 Å². The highest BCUT2D eigenvalue weighted by atomic mass is 35.5. The molecule has 0 fully saturated rings. The molecule has 3 nitrogen and oxygen atoms in total. The predicted octanol–water partition coefficient (Wildman–Crippen LogP) is 2.18. The zero-order valence-electron chi connectivity index (χ0n) is 7.37. The lowest BCUT2D eigenvalue weighted by Crippen LogP contribution is -2.03. The van der Waals surface area contributed by atoms with Crippen LogP contribution in [0.5, 0.6) is 0 Å². The lowest BCUT2D eigenvalue weighted by atomic mass is 10.1. The summed E-state index contributed by atoms with van der Waals surface area (Å²) < 4.78 is 5.05. The Morgan fingerprint density at radius 1 is 1.43 bits per heavy atom. The van der Waals surface area contributed by atoms with Crippen LogP contribution in [0.2, 0.25) is 0 Å². The van der Waals surface area contributed by atoms with Crippen molar-refractivity contribution < 1.29 is 9.32 Å². The Hall–Kier alpha value is -1.35. The highest BCUT2D eigenvalue weighted by molar-refractivity contribution is 6.27. The number of carbonyl (C=O) groups excluding carboxylic acids is 1. The molecule has 0 radical (unpaired) electrons. The van der Waals surface area contributed by atoms with Crippen molar-refractivity contribution in [1.82, 2.24) is 5.16 Å². The van der Waals surface area contributed by atoms with Gasteiger partial charge in [-0.1, -0.05) is 17.3 Å². The topological polar surface area (TPSA) is 43.1 Å². The molecule has 0 aliphatic carbocycles. The smallest absolute Gasteiger partial charge is 0.167 e. The minimum absolute atomic E-state index is 0.0151. The maximum absolute atomic E-state index is 11.1. The third-order valence-corrected chi connectivity index (χ3v) is 2.26. The molecule has 4 heteroatoms. The number of hydrogen-bond donors (Lipinski definition) is 0. The van der Waals surface area contributed by atoms with Gasteiger partial charge in [0.25, 0.3) is 0 Å². The maximum atomic E-state index is 11.1. The van der Waals surface area contributed by atoms with Gasteiger partial charge in [-0.3, -0.25) is 4.79 Å². The number of rotatable bonds is 3. The van der Waals surface area contributed by atoms with Crippen molar-refractivity contribution in [2.45, 2.75) is 6.42 Å². The second kappa shape index (κ2) is 3.80. The Labute approximate surface area is 85.6 Å². The molecule has 0 unspecified atom stereocenters. The van der Waals surface area contributed by atoms with Crippen LogP contribution in [0.3, 0.4) is 0 Å². The minimum Gasteiger partial charge on any atom is -0.356 e. The maximum Gasteiger partial charge on any atom is 0.167 e. The zero-order valence-corrected chi connectivity index (χ0v) is 8.12. The number of Topliss-reactive ketones (excluding diaryl/α,β-unsaturated/α-hetero) is 1. The standard InChI is InChI=1S/C10H8ClNO2/c11-6-7(13)5-9-8-3-1-2-4-10(8)14-12-9/h1-4H,5-6H2. The van der Waals surface area contributed by atoms with E-state index in [1.165, 1.54) is 0 Å². The number of fused-ring (bicyclic) bond motifs is 1. The molecule has 0 spiro atoms. The normalized spacial score (nSPS) is 10.6. The lowest BCUT2D eigenvalue weighted by molar-refractivity contribution is -0.116. The SMILES string of the molecule is O=C(CCl)Cc1noc2ccccc12. The summed E-state index contributed by atoms with van der Waals surface area (Å²) in [5.41, 5.74) is 1.36. The molecule has 0 saturated carbocycles. The van der Waals surface area contributed by atoms with Crippen molar-refractivity contribution in [2.24, 2.45) is 0 Å². The molecule has 1 aromatic carbocycles. The van der Waals surface area contributed by atoms with E-state index in [0.717, 1.165) is 5.39 Å². The molecular formula is C10H8ClNO2. The molecule has 2 aromatic rings. The number of ketones is 1. The number of para-hydroxylation sites is 1. The first kappa shape index (κ1) is 9.21. The highest BCUT2D eigenvalue weighted by Crippen LogP contribution is 2.18. The molecule has 0 bridgehead atoms. The van der Waals surface area contributed by atoms with Crippen LogP contribution < -0.4 is 0 Å². The van der Waals surface area contributed by atoms with Crippen LogP contribution in [-0.4, -0.2) is 16.8 Å². The number of benzene rings is 1. The molecular weight excluding hydrogens is 202 g/mol. The van der Waals surface area contributed by atoms with Crippen molar-refractivity contribution >= 4 is 28.4 Å². The summed E-state index contributed by atoms with van der Waals surface area (Å²) in [7, 11) is 0. The van der Waals surface area contributed by atoms with E-state index in [9.17, 15) is 4.79 Å². The number of aromatic nitrogens is 1. The summed E-state index contributed by atoms with van der Waals surface area (Å²) in [6.45, 7) is 0. The Balaban J connectivity index is 2.38. The molecule has 0 N–H and O–H groups in total. The molecule has 1 aromatic heterocycles. The Bertz CT molecular complexity index is 464. The van der Waals surface area contributed by atoms with Crippen molar-refractivity contribution in [3.63, 3.8) is 0 Å². The first-order valence-corrected chi connectivity index (χ1v) is 4.75. The van der Waals surface area contributed by atoms with Crippen LogP contribution in [0.4, 0.5) is 0 Å². The third kappa shape index (κ3) is 1.63. The summed E-state index contributed by atoms with van der Waals surface area (Å²) in [6, 6.07) is 7.44. The van der Waals surface area contributed by atoms with Crippen molar-refractivity contribution in [3.05, 3.63) is 30.0 Å². The van der Waals surface area contributed by atoms with E-state index >= 15 is 0 Å². The van der Waals surface area contributed by atoms with E-state index in [0.29, 0.717) is 11.3 Å². The molecule has 0 saturated heterocycles. The van der Waals surface area contributed by atoms with E-state index in [4.69, 9.17) is 16.1 Å². The van der Waals surface area contributed by atoms with Gasteiger partial charge in [0, 0.05) is 5.39 Å². The van der Waals surface area contributed by atoms with Gasteiger partial charge in [-0.2, -0.15) is 0 Å². The molecule has 2 rings (SSSR count). The third-order valence-electron chi connectivity index (χ3n) is 1.97. The zero-order chi connectivity index (χ0) is 9.97. The number of halogens is 1. The van der Waals surface area contributed by atoms with Gasteiger partial charge in [-0.25, -0.2) is 0 Å². The summed E-state index contributed by atoms with van der Waals surface area (Å²) in [5.74, 6) is -0.0352. The highest BCUT2D eigenvalue weighted by Gasteiger charge is 2.10. The summed E-state index contributed by atoms with van der Waals surface area (Å²) >= 11 is 5.41. The Morgan fingerprint density at radius 3 is 3.00 bits per heavy atom. The monoisotopic (exact) mass is 209 g/mol. The number of alkyl halides is 1. The fraction of sp³-hybridized carbons (Fsp3) is 0.200. The van der Waals surface area contributed by atoms with Crippen molar-refractivity contribution in [2.75, 3.05) is 5.88 Å². The quantitative estimate of drug-likeness (QED) is 0.728. The molecule has 0 aliphatic heterocycles. The fourth-order valence-electron chi connectivity index (χ4n) is 1.30. The van der Waals surface area contributed by atoms with Gasteiger partial charge >= 0.3 is 0 Å². The van der Waals surface area contributed by atoms with Crippen LogP contribution in [-0.2, 0) is 11.2 Å². The van der Waals surface area contributed by atoms with E-state index in [1.807, 2.05) is 24.3 Å². The summed E-state index contributed by atoms with van der Waals surface area (Å²) in [5, 5.41) is 4.71. The van der Waals surface area contributed by atoms with E-state index in [-0.39, 0.29) is 18.1 Å². The van der Waals surface area contributed by atoms with Gasteiger partial charge in [0.15, 0.2) is 11.4 Å². The fourth-order valence-corrected chi connectivity index (χ4v) is 1.39. The van der Waals surface area contributed by atoms with E-state index < -0.39 is 0 Å². The van der Waals surface area contributed by atoms with Gasteiger partial charge in [-0.15, -0.1) is 11.6 Å². The van der Waals surface area contributed by atoms with Gasteiger partial charge < -0.3 is 4.52 Å². The second-order valence-corrected chi connectivity index (χ2v) is 3.24. The number of carbonyl (C=O) groups is 1. The molecule has 1 heterocycles. The first-order valence-electron chi connectivity index (χ1n) is 4.22. The molecule has 0 atom stereocenters. The number of nitrogens with zero attached hydrogens (tertiary/aromatic N) is 1. The lowest BCUT2D eigenvalue weighted by Gasteiger charge is -1.91. The summed E-state index contributed by atoms with van der Waals surface area (Å²) in [4.78, 5) is 11.1. The molecule has 14 heavy (non-hydrogen) atoms. The van der Waals surface area contributed by atoms with Gasteiger partial charge in [0.05, 0.1) is 18.0 Å². The van der Waals surface area contributed by atoms with E-state index in [2.05, 4.69) is 5.16 Å². The van der Waals surface area contributed by atoms with E-state index in [1.54, 1.807) is 0 Å². The minimum atomic E-state index is -0.0503. The Morgan fingerprint density at radius 2 is 2.21 bits per heavy atom. The van der Waals surface area contributed by atoms with Crippen LogP contribution in [0, 0.1) is 0 Å². The van der Waals surface area contributed by atoms with Crippen LogP contribution in [0.15, 0.2) is 28.8 Å². The average Bonchev–Trinajstić information content (AvgIpc) is 2.62. The van der Waals surface area contributed by atoms with Crippen LogP contribution >= 0.6 is 11.6 Å². The summed E-state index contributed by atoms with van der Waals surface area (Å²) in [6.07, 6.45) is 0.237. The second-order valence-electron chi connectivity index (χ2n) is 2.97. The van der Waals surface area contributed by atoms with Gasteiger partial charge in [0.2, 0.25) is 0 Å². The molecule has 0 aliphatic rings. The van der Waals surface area contributed by atoms with Gasteiger partial charge in [-0.05, 0) is 12.1 Å². The van der Waals surface area contributed by atoms with Crippen molar-refractivity contribution in [3.8, 4) is 0 Å². The Kier molecular flexibility index (Phi) is 2.50. The van der Waals surface area contributed by atoms with Crippen molar-refractivity contribution in [1.29, 1.82) is 0 Å². The van der Waals surface area contributed by atoms with Crippen LogP contribution in [0.25, 0.3) is 11.0 Å². The van der Waals surface area contributed by atoms with Crippen LogP contribution in [0.1, 0.15) is 5.69 Å².